The number of hydrogen-bond acceptors (Lipinski definition) is 5. The summed E-state index contributed by atoms with van der Waals surface area (Å²) in [5.41, 5.74) is 0.712. The van der Waals surface area contributed by atoms with Gasteiger partial charge < -0.3 is 15.0 Å². The lowest BCUT2D eigenvalue weighted by Gasteiger charge is -2.29. The standard InChI is InChI=1S/C16H18F3N3O3S2/c17-12-7-10(1-2-13(12)21-3-5-27(24)6-4-21)22-9-11(25-16(22)23)8-20-15(26)14(18)19/h1-2,7,11,14H,3-6,8-9H2,(H,20,26). The van der Waals surface area contributed by atoms with Crippen LogP contribution < -0.4 is 15.1 Å². The highest BCUT2D eigenvalue weighted by atomic mass is 32.2. The zero-order valence-corrected chi connectivity index (χ0v) is 15.8. The lowest BCUT2D eigenvalue weighted by Crippen LogP contribution is -2.38. The van der Waals surface area contributed by atoms with Crippen LogP contribution in [0.15, 0.2) is 18.2 Å². The molecule has 11 heteroatoms. The van der Waals surface area contributed by atoms with Gasteiger partial charge in [-0.05, 0) is 18.2 Å². The summed E-state index contributed by atoms with van der Waals surface area (Å²) in [6.07, 6.45) is -4.12. The highest BCUT2D eigenvalue weighted by molar-refractivity contribution is 7.85. The zero-order chi connectivity index (χ0) is 19.6. The average molecular weight is 421 g/mol. The molecule has 0 aliphatic carbocycles. The summed E-state index contributed by atoms with van der Waals surface area (Å²) < 4.78 is 55.9. The third kappa shape index (κ3) is 4.70. The molecule has 0 spiro atoms. The number of carbonyl (C=O) groups excluding carboxylic acids is 1. The molecule has 0 aromatic heterocycles. The molecular formula is C16H18F3N3O3S2. The summed E-state index contributed by atoms with van der Waals surface area (Å²) in [7, 11) is -0.861. The molecule has 3 rings (SSSR count). The summed E-state index contributed by atoms with van der Waals surface area (Å²) in [5, 5.41) is 2.36. The average Bonchev–Trinajstić information content (AvgIpc) is 3.01. The number of benzene rings is 1. The first kappa shape index (κ1) is 19.9. The summed E-state index contributed by atoms with van der Waals surface area (Å²) in [4.78, 5) is 14.5. The molecule has 2 saturated heterocycles. The van der Waals surface area contributed by atoms with E-state index < -0.39 is 40.2 Å². The highest BCUT2D eigenvalue weighted by Gasteiger charge is 2.33. The number of nitrogens with one attached hydrogen (secondary N) is 1. The van der Waals surface area contributed by atoms with Crippen molar-refractivity contribution in [3.8, 4) is 0 Å². The Labute approximate surface area is 162 Å². The van der Waals surface area contributed by atoms with Crippen molar-refractivity contribution < 1.29 is 26.9 Å². The van der Waals surface area contributed by atoms with Crippen LogP contribution in [0.2, 0.25) is 0 Å². The molecule has 1 amide bonds. The minimum absolute atomic E-state index is 0.0447. The van der Waals surface area contributed by atoms with Crippen molar-refractivity contribution in [1.82, 2.24) is 5.32 Å². The Morgan fingerprint density at radius 2 is 2.07 bits per heavy atom. The fourth-order valence-electron chi connectivity index (χ4n) is 2.93. The van der Waals surface area contributed by atoms with Gasteiger partial charge in [0.15, 0.2) is 0 Å². The van der Waals surface area contributed by atoms with Crippen molar-refractivity contribution in [2.24, 2.45) is 0 Å². The van der Waals surface area contributed by atoms with Crippen molar-refractivity contribution in [2.45, 2.75) is 12.5 Å². The number of anilines is 2. The highest BCUT2D eigenvalue weighted by Crippen LogP contribution is 2.28. The first-order valence-electron chi connectivity index (χ1n) is 8.28. The zero-order valence-electron chi connectivity index (χ0n) is 14.2. The molecule has 0 radical (unpaired) electrons. The second kappa shape index (κ2) is 8.42. The van der Waals surface area contributed by atoms with E-state index in [1.807, 2.05) is 4.90 Å². The number of halogens is 3. The smallest absolute Gasteiger partial charge is 0.414 e. The van der Waals surface area contributed by atoms with E-state index in [1.54, 1.807) is 12.1 Å². The lowest BCUT2D eigenvalue weighted by molar-refractivity contribution is 0.142. The van der Waals surface area contributed by atoms with Gasteiger partial charge in [0.1, 0.15) is 16.9 Å². The van der Waals surface area contributed by atoms with Crippen molar-refractivity contribution >= 4 is 45.5 Å². The van der Waals surface area contributed by atoms with Gasteiger partial charge in [0.25, 0.3) is 6.43 Å². The molecule has 6 nitrogen and oxygen atoms in total. The SMILES string of the molecule is O=C1OC(CNC(=S)C(F)F)CN1c1ccc(N2CCS(=O)CC2)c(F)c1. The van der Waals surface area contributed by atoms with Crippen LogP contribution in [0.3, 0.4) is 0 Å². The van der Waals surface area contributed by atoms with Crippen LogP contribution in [-0.2, 0) is 15.5 Å². The number of hydrogen-bond donors (Lipinski definition) is 1. The van der Waals surface area contributed by atoms with Crippen molar-refractivity contribution in [3.63, 3.8) is 0 Å². The first-order valence-corrected chi connectivity index (χ1v) is 10.2. The maximum atomic E-state index is 14.5. The van der Waals surface area contributed by atoms with Crippen molar-refractivity contribution in [3.05, 3.63) is 24.0 Å². The summed E-state index contributed by atoms with van der Waals surface area (Å²) in [5.74, 6) is 0.497. The largest absolute Gasteiger partial charge is 0.442 e. The van der Waals surface area contributed by atoms with E-state index >= 15 is 0 Å². The predicted octanol–water partition coefficient (Wildman–Crippen LogP) is 1.90. The number of nitrogens with zero attached hydrogens (tertiary/aromatic N) is 2. The number of rotatable bonds is 5. The van der Waals surface area contributed by atoms with E-state index in [4.69, 9.17) is 4.74 Å². The summed E-state index contributed by atoms with van der Waals surface area (Å²) in [6.45, 7) is 1.06. The minimum atomic E-state index is -2.78. The van der Waals surface area contributed by atoms with Gasteiger partial charge >= 0.3 is 6.09 Å². The molecule has 0 bridgehead atoms. The van der Waals surface area contributed by atoms with Crippen LogP contribution in [0, 0.1) is 5.82 Å². The van der Waals surface area contributed by atoms with Crippen LogP contribution in [0.1, 0.15) is 0 Å². The molecule has 2 fully saturated rings. The first-order chi connectivity index (χ1) is 12.8. The van der Waals surface area contributed by atoms with Gasteiger partial charge in [-0.1, -0.05) is 12.2 Å². The molecule has 1 unspecified atom stereocenters. The van der Waals surface area contributed by atoms with Gasteiger partial charge in [-0.15, -0.1) is 0 Å². The molecule has 27 heavy (non-hydrogen) atoms. The third-order valence-corrected chi connectivity index (χ3v) is 5.94. The van der Waals surface area contributed by atoms with Gasteiger partial charge in [0.05, 0.1) is 24.5 Å². The van der Waals surface area contributed by atoms with Crippen LogP contribution >= 0.6 is 12.2 Å². The monoisotopic (exact) mass is 421 g/mol. The van der Waals surface area contributed by atoms with Crippen molar-refractivity contribution in [1.29, 1.82) is 0 Å². The van der Waals surface area contributed by atoms with E-state index in [9.17, 15) is 22.2 Å². The number of thiocarbonyl (C=S) groups is 1. The Balaban J connectivity index is 1.64. The Hall–Kier alpha value is -1.88. The van der Waals surface area contributed by atoms with E-state index in [-0.39, 0.29) is 13.1 Å². The molecule has 2 heterocycles. The number of alkyl halides is 2. The van der Waals surface area contributed by atoms with Gasteiger partial charge in [0.2, 0.25) is 0 Å². The number of amides is 1. The van der Waals surface area contributed by atoms with Gasteiger partial charge in [-0.3, -0.25) is 9.11 Å². The van der Waals surface area contributed by atoms with Crippen LogP contribution in [0.25, 0.3) is 0 Å². The van der Waals surface area contributed by atoms with Crippen LogP contribution in [-0.4, -0.2) is 65.5 Å². The Kier molecular flexibility index (Phi) is 6.20. The Morgan fingerprint density at radius 3 is 2.70 bits per heavy atom. The molecule has 148 valence electrons. The molecular weight excluding hydrogens is 403 g/mol. The Morgan fingerprint density at radius 1 is 1.37 bits per heavy atom. The summed E-state index contributed by atoms with van der Waals surface area (Å²) in [6, 6.07) is 4.41. The molecule has 0 saturated carbocycles. The lowest BCUT2D eigenvalue weighted by atomic mass is 10.2. The Bertz CT molecular complexity index is 756. The fourth-order valence-corrected chi connectivity index (χ4v) is 4.06. The maximum absolute atomic E-state index is 14.5. The van der Waals surface area contributed by atoms with Gasteiger partial charge in [-0.2, -0.15) is 0 Å². The summed E-state index contributed by atoms with van der Waals surface area (Å²) >= 11 is 4.48. The fraction of sp³-hybridized carbons (Fsp3) is 0.500. The van der Waals surface area contributed by atoms with Gasteiger partial charge in [0, 0.05) is 35.4 Å². The number of carbonyl (C=O) groups is 1. The predicted molar refractivity (Wildman–Crippen MR) is 101 cm³/mol. The van der Waals surface area contributed by atoms with E-state index in [2.05, 4.69) is 17.5 Å². The third-order valence-electron chi connectivity index (χ3n) is 4.34. The van der Waals surface area contributed by atoms with E-state index in [1.165, 1.54) is 11.0 Å². The topological polar surface area (TPSA) is 61.9 Å². The molecule has 2 aliphatic heterocycles. The maximum Gasteiger partial charge on any atom is 0.414 e. The molecule has 1 N–H and O–H groups in total. The van der Waals surface area contributed by atoms with E-state index in [0.29, 0.717) is 36.0 Å². The molecule has 2 aliphatic rings. The quantitative estimate of drug-likeness (QED) is 0.733. The number of cyclic esters (lactones) is 1. The second-order valence-electron chi connectivity index (χ2n) is 6.13. The normalized spacial score (nSPS) is 20.9. The van der Waals surface area contributed by atoms with Crippen molar-refractivity contribution in [2.75, 3.05) is 47.5 Å². The van der Waals surface area contributed by atoms with Crippen LogP contribution in [0.5, 0.6) is 0 Å². The van der Waals surface area contributed by atoms with E-state index in [0.717, 1.165) is 0 Å². The molecule has 1 atom stereocenters. The minimum Gasteiger partial charge on any atom is -0.442 e. The van der Waals surface area contributed by atoms with Gasteiger partial charge in [-0.25, -0.2) is 18.0 Å². The second-order valence-corrected chi connectivity index (χ2v) is 8.27. The van der Waals surface area contributed by atoms with Crippen LogP contribution in [0.4, 0.5) is 29.3 Å². The molecule has 1 aromatic rings. The number of ether oxygens (including phenoxy) is 1. The molecule has 1 aromatic carbocycles.